The van der Waals surface area contributed by atoms with E-state index in [1.807, 2.05) is 0 Å². The van der Waals surface area contributed by atoms with Gasteiger partial charge in [0.2, 0.25) is 5.91 Å². The summed E-state index contributed by atoms with van der Waals surface area (Å²) in [5.74, 6) is 0.514. The zero-order valence-electron chi connectivity index (χ0n) is 13.9. The highest BCUT2D eigenvalue weighted by Crippen LogP contribution is 2.30. The predicted octanol–water partition coefficient (Wildman–Crippen LogP) is 3.58. The highest BCUT2D eigenvalue weighted by Gasteiger charge is 2.29. The minimum atomic E-state index is -0.193. The molecule has 0 spiro atoms. The molecule has 8 heteroatoms. The lowest BCUT2D eigenvalue weighted by atomic mass is 10.2. The Morgan fingerprint density at radius 3 is 2.50 bits per heavy atom. The third-order valence-corrected chi connectivity index (χ3v) is 4.37. The normalized spacial score (nSPS) is 13.2. The molecule has 136 valence electrons. The van der Waals surface area contributed by atoms with E-state index in [9.17, 15) is 9.59 Å². The maximum absolute atomic E-state index is 12.1. The van der Waals surface area contributed by atoms with Crippen LogP contribution in [-0.2, 0) is 4.79 Å². The van der Waals surface area contributed by atoms with Gasteiger partial charge in [-0.2, -0.15) is 0 Å². The number of benzene rings is 1. The lowest BCUT2D eigenvalue weighted by molar-refractivity contribution is -0.117. The number of nitrogens with zero attached hydrogens (tertiary/aromatic N) is 1. The van der Waals surface area contributed by atoms with Crippen molar-refractivity contribution in [1.29, 1.82) is 0 Å². The number of hydrogen-bond acceptors (Lipinski definition) is 4. The summed E-state index contributed by atoms with van der Waals surface area (Å²) in [5.41, 5.74) is 1.22. The molecule has 26 heavy (non-hydrogen) atoms. The monoisotopic (exact) mass is 392 g/mol. The maximum Gasteiger partial charge on any atom is 0.251 e. The number of rotatable bonds is 7. The van der Waals surface area contributed by atoms with E-state index < -0.39 is 0 Å². The van der Waals surface area contributed by atoms with Gasteiger partial charge in [-0.15, -0.1) is 0 Å². The summed E-state index contributed by atoms with van der Waals surface area (Å²) in [6.07, 6.45) is 3.41. The number of hydrogen-bond donors (Lipinski definition) is 3. The molecule has 0 saturated heterocycles. The van der Waals surface area contributed by atoms with Gasteiger partial charge in [0, 0.05) is 36.5 Å². The molecule has 0 bridgehead atoms. The van der Waals surface area contributed by atoms with Gasteiger partial charge >= 0.3 is 0 Å². The molecular weight excluding hydrogens is 375 g/mol. The van der Waals surface area contributed by atoms with E-state index in [0.717, 1.165) is 12.8 Å². The Morgan fingerprint density at radius 2 is 1.85 bits per heavy atom. The van der Waals surface area contributed by atoms with Gasteiger partial charge in [-0.05, 0) is 43.2 Å². The standard InChI is InChI=1S/C18H18Cl2N4O2/c19-13-9-15(20)16(23-10-13)21-7-8-22-17(25)11-3-5-14(6-4-11)24-18(26)12-1-2-12/h3-6,9-10,12H,1-2,7-8H2,(H,21,23)(H,22,25)(H,24,26). The first-order valence-corrected chi connectivity index (χ1v) is 9.02. The van der Waals surface area contributed by atoms with E-state index in [2.05, 4.69) is 20.9 Å². The van der Waals surface area contributed by atoms with Crippen molar-refractivity contribution in [3.63, 3.8) is 0 Å². The number of aromatic nitrogens is 1. The number of pyridine rings is 1. The van der Waals surface area contributed by atoms with Crippen molar-refractivity contribution in [3.8, 4) is 0 Å². The first kappa shape index (κ1) is 18.5. The van der Waals surface area contributed by atoms with Gasteiger partial charge in [0.1, 0.15) is 5.82 Å². The van der Waals surface area contributed by atoms with Crippen LogP contribution in [0.25, 0.3) is 0 Å². The van der Waals surface area contributed by atoms with Crippen LogP contribution in [-0.4, -0.2) is 29.9 Å². The summed E-state index contributed by atoms with van der Waals surface area (Å²) < 4.78 is 0. The molecule has 0 atom stereocenters. The van der Waals surface area contributed by atoms with Crippen LogP contribution in [0, 0.1) is 5.92 Å². The smallest absolute Gasteiger partial charge is 0.251 e. The number of anilines is 2. The topological polar surface area (TPSA) is 83.1 Å². The lowest BCUT2D eigenvalue weighted by Gasteiger charge is -2.09. The summed E-state index contributed by atoms with van der Waals surface area (Å²) in [5, 5.41) is 9.56. The molecule has 1 aromatic heterocycles. The van der Waals surface area contributed by atoms with Crippen LogP contribution in [0.4, 0.5) is 11.5 Å². The second-order valence-electron chi connectivity index (χ2n) is 6.01. The van der Waals surface area contributed by atoms with E-state index in [1.165, 1.54) is 6.20 Å². The Morgan fingerprint density at radius 1 is 1.12 bits per heavy atom. The summed E-state index contributed by atoms with van der Waals surface area (Å²) in [4.78, 5) is 27.9. The van der Waals surface area contributed by atoms with Crippen LogP contribution in [0.5, 0.6) is 0 Å². The Hall–Kier alpha value is -2.31. The van der Waals surface area contributed by atoms with Crippen molar-refractivity contribution >= 4 is 46.5 Å². The number of amides is 2. The quantitative estimate of drug-likeness (QED) is 0.628. The summed E-state index contributed by atoms with van der Waals surface area (Å²) in [6, 6.07) is 8.42. The van der Waals surface area contributed by atoms with E-state index >= 15 is 0 Å². The molecular formula is C18H18Cl2N4O2. The minimum Gasteiger partial charge on any atom is -0.367 e. The first-order chi connectivity index (χ1) is 12.5. The molecule has 2 amide bonds. The third-order valence-electron chi connectivity index (χ3n) is 3.87. The van der Waals surface area contributed by atoms with Gasteiger partial charge in [0.05, 0.1) is 10.0 Å². The average Bonchev–Trinajstić information content (AvgIpc) is 3.46. The predicted molar refractivity (Wildman–Crippen MR) is 103 cm³/mol. The Balaban J connectivity index is 1.43. The fourth-order valence-corrected chi connectivity index (χ4v) is 2.75. The molecule has 3 N–H and O–H groups in total. The third kappa shape index (κ3) is 5.09. The highest BCUT2D eigenvalue weighted by molar-refractivity contribution is 6.35. The molecule has 1 aliphatic rings. The van der Waals surface area contributed by atoms with Crippen molar-refractivity contribution in [2.45, 2.75) is 12.8 Å². The molecule has 1 aromatic carbocycles. The van der Waals surface area contributed by atoms with Crippen LogP contribution in [0.15, 0.2) is 36.5 Å². The SMILES string of the molecule is O=C(NCCNc1ncc(Cl)cc1Cl)c1ccc(NC(=O)C2CC2)cc1. The fourth-order valence-electron chi connectivity index (χ4n) is 2.30. The van der Waals surface area contributed by atoms with Gasteiger partial charge < -0.3 is 16.0 Å². The van der Waals surface area contributed by atoms with Crippen molar-refractivity contribution in [3.05, 3.63) is 52.1 Å². The van der Waals surface area contributed by atoms with Crippen molar-refractivity contribution in [1.82, 2.24) is 10.3 Å². The van der Waals surface area contributed by atoms with E-state index in [1.54, 1.807) is 30.3 Å². The molecule has 0 radical (unpaired) electrons. The Labute approximate surface area is 161 Å². The van der Waals surface area contributed by atoms with Crippen LogP contribution in [0.3, 0.4) is 0 Å². The lowest BCUT2D eigenvalue weighted by Crippen LogP contribution is -2.28. The maximum atomic E-state index is 12.1. The van der Waals surface area contributed by atoms with Gasteiger partial charge in [-0.25, -0.2) is 4.98 Å². The number of carbonyl (C=O) groups excluding carboxylic acids is 2. The number of carbonyl (C=O) groups is 2. The first-order valence-electron chi connectivity index (χ1n) is 8.27. The second-order valence-corrected chi connectivity index (χ2v) is 6.85. The summed E-state index contributed by atoms with van der Waals surface area (Å²) >= 11 is 11.8. The molecule has 1 fully saturated rings. The largest absolute Gasteiger partial charge is 0.367 e. The minimum absolute atomic E-state index is 0.0442. The van der Waals surface area contributed by atoms with E-state index in [4.69, 9.17) is 23.2 Å². The van der Waals surface area contributed by atoms with Gasteiger partial charge in [-0.3, -0.25) is 9.59 Å². The van der Waals surface area contributed by atoms with E-state index in [-0.39, 0.29) is 17.7 Å². The molecule has 3 rings (SSSR count). The van der Waals surface area contributed by atoms with E-state index in [0.29, 0.717) is 40.2 Å². The zero-order valence-corrected chi connectivity index (χ0v) is 15.4. The second kappa shape index (κ2) is 8.38. The molecule has 1 saturated carbocycles. The van der Waals surface area contributed by atoms with Crippen LogP contribution >= 0.6 is 23.2 Å². The van der Waals surface area contributed by atoms with Crippen LogP contribution < -0.4 is 16.0 Å². The molecule has 1 aliphatic carbocycles. The van der Waals surface area contributed by atoms with Crippen LogP contribution in [0.2, 0.25) is 10.0 Å². The van der Waals surface area contributed by atoms with Gasteiger partial charge in [-0.1, -0.05) is 23.2 Å². The number of halogens is 2. The fraction of sp³-hybridized carbons (Fsp3) is 0.278. The van der Waals surface area contributed by atoms with Crippen molar-refractivity contribution in [2.75, 3.05) is 23.7 Å². The molecule has 1 heterocycles. The van der Waals surface area contributed by atoms with Crippen LogP contribution in [0.1, 0.15) is 23.2 Å². The van der Waals surface area contributed by atoms with Crippen molar-refractivity contribution < 1.29 is 9.59 Å². The van der Waals surface area contributed by atoms with Gasteiger partial charge in [0.25, 0.3) is 5.91 Å². The molecule has 0 unspecified atom stereocenters. The average molecular weight is 393 g/mol. The highest BCUT2D eigenvalue weighted by atomic mass is 35.5. The molecule has 2 aromatic rings. The summed E-state index contributed by atoms with van der Waals surface area (Å²) in [7, 11) is 0. The van der Waals surface area contributed by atoms with Gasteiger partial charge in [0.15, 0.2) is 0 Å². The molecule has 6 nitrogen and oxygen atoms in total. The Kier molecular flexibility index (Phi) is 5.96. The van der Waals surface area contributed by atoms with Crippen molar-refractivity contribution in [2.24, 2.45) is 5.92 Å². The number of nitrogens with one attached hydrogen (secondary N) is 3. The Bertz CT molecular complexity index is 807. The zero-order chi connectivity index (χ0) is 18.5. The summed E-state index contributed by atoms with van der Waals surface area (Å²) in [6.45, 7) is 0.870. The molecule has 0 aliphatic heterocycles.